The molecule has 0 radical (unpaired) electrons. The normalized spacial score (nSPS) is 13.1. The fourth-order valence-corrected chi connectivity index (χ4v) is 5.78. The summed E-state index contributed by atoms with van der Waals surface area (Å²) in [7, 11) is 6.21. The van der Waals surface area contributed by atoms with Crippen molar-refractivity contribution < 1.29 is 38.7 Å². The monoisotopic (exact) mass is 670 g/mol. The average Bonchev–Trinajstić information content (AvgIpc) is 3.14. The molecule has 0 aliphatic carbocycles. The lowest BCUT2D eigenvalue weighted by atomic mass is 9.79. The molecule has 4 aromatic rings. The Morgan fingerprint density at radius 2 is 0.694 bits per heavy atom. The lowest BCUT2D eigenvalue weighted by Gasteiger charge is -2.39. The number of amides is 2. The van der Waals surface area contributed by atoms with Crippen LogP contribution in [0.25, 0.3) is 0 Å². The molecular formula is C39H46N2O8. The minimum Gasteiger partial charge on any atom is -0.497 e. The lowest BCUT2D eigenvalue weighted by molar-refractivity contribution is -0.144. The molecule has 0 bridgehead atoms. The summed E-state index contributed by atoms with van der Waals surface area (Å²) in [6, 6.07) is 25.8. The van der Waals surface area contributed by atoms with Gasteiger partial charge in [0.25, 0.3) is 0 Å². The number of aliphatic hydroxyl groups is 2. The third-order valence-corrected chi connectivity index (χ3v) is 9.20. The zero-order valence-electron chi connectivity index (χ0n) is 29.2. The van der Waals surface area contributed by atoms with Crippen LogP contribution in [0.15, 0.2) is 97.1 Å². The Kier molecular flexibility index (Phi) is 11.3. The van der Waals surface area contributed by atoms with Crippen molar-refractivity contribution in [3.05, 3.63) is 119 Å². The molecule has 10 nitrogen and oxygen atoms in total. The summed E-state index contributed by atoms with van der Waals surface area (Å²) in [6.07, 6.45) is 0. The predicted octanol–water partition coefficient (Wildman–Crippen LogP) is 4.93. The van der Waals surface area contributed by atoms with E-state index in [9.17, 15) is 19.8 Å². The molecule has 0 spiro atoms. The number of carbonyl (C=O) groups is 2. The highest BCUT2D eigenvalue weighted by Gasteiger charge is 2.45. The molecule has 2 atom stereocenters. The molecule has 0 saturated carbocycles. The number of hydrogen-bond donors (Lipinski definition) is 4. The highest BCUT2D eigenvalue weighted by molar-refractivity contribution is 6.04. The Morgan fingerprint density at radius 1 is 0.490 bits per heavy atom. The van der Waals surface area contributed by atoms with Crippen LogP contribution in [0.1, 0.15) is 49.9 Å². The van der Waals surface area contributed by atoms with Crippen molar-refractivity contribution >= 4 is 11.8 Å². The van der Waals surface area contributed by atoms with Gasteiger partial charge in [0.05, 0.1) is 40.5 Å². The molecule has 260 valence electrons. The molecule has 4 N–H and O–H groups in total. The van der Waals surface area contributed by atoms with E-state index in [1.165, 1.54) is 13.8 Å². The third kappa shape index (κ3) is 7.35. The fourth-order valence-electron chi connectivity index (χ4n) is 5.78. The van der Waals surface area contributed by atoms with Crippen LogP contribution in [0.5, 0.6) is 23.0 Å². The van der Waals surface area contributed by atoms with Gasteiger partial charge >= 0.3 is 0 Å². The lowest BCUT2D eigenvalue weighted by Crippen LogP contribution is -2.58. The predicted molar refractivity (Wildman–Crippen MR) is 187 cm³/mol. The van der Waals surface area contributed by atoms with Gasteiger partial charge in [0.15, 0.2) is 0 Å². The fraction of sp³-hybridized carbons (Fsp3) is 0.333. The molecule has 0 aliphatic rings. The number of hydrogen-bond acceptors (Lipinski definition) is 8. The van der Waals surface area contributed by atoms with E-state index < -0.39 is 40.5 Å². The number of ether oxygens (including phenoxy) is 4. The van der Waals surface area contributed by atoms with E-state index in [-0.39, 0.29) is 0 Å². The second-order valence-corrected chi connectivity index (χ2v) is 12.5. The van der Waals surface area contributed by atoms with Gasteiger partial charge in [-0.05, 0) is 98.5 Å². The molecule has 2 unspecified atom stereocenters. The molecule has 0 saturated heterocycles. The summed E-state index contributed by atoms with van der Waals surface area (Å²) in [4.78, 5) is 27.9. The molecule has 0 heterocycles. The van der Waals surface area contributed by atoms with Gasteiger partial charge in [0, 0.05) is 0 Å². The van der Waals surface area contributed by atoms with Crippen molar-refractivity contribution in [1.29, 1.82) is 0 Å². The van der Waals surface area contributed by atoms with Crippen LogP contribution in [0.3, 0.4) is 0 Å². The van der Waals surface area contributed by atoms with Crippen molar-refractivity contribution in [2.75, 3.05) is 28.4 Å². The first-order valence-corrected chi connectivity index (χ1v) is 15.9. The largest absolute Gasteiger partial charge is 0.497 e. The molecule has 4 aromatic carbocycles. The van der Waals surface area contributed by atoms with Crippen molar-refractivity contribution in [2.45, 2.75) is 51.0 Å². The van der Waals surface area contributed by atoms with Crippen LogP contribution in [-0.4, -0.2) is 62.6 Å². The van der Waals surface area contributed by atoms with Crippen molar-refractivity contribution in [1.82, 2.24) is 10.6 Å². The standard InChI is InChI=1S/C39H46N2O8/c1-25(38(44,27-9-17-31(46-5)18-10-27)28-11-19-32(47-6)20-12-28)40-35(42)37(3,4)36(43)41-26(2)39(45,29-13-21-33(48-7)22-14-29)30-15-23-34(49-8)24-16-30/h9-26,44-45H,1-8H3,(H,40,42)(H,41,43). The van der Waals surface area contributed by atoms with Crippen LogP contribution in [-0.2, 0) is 20.8 Å². The van der Waals surface area contributed by atoms with Crippen LogP contribution >= 0.6 is 0 Å². The summed E-state index contributed by atoms with van der Waals surface area (Å²) in [6.45, 7) is 6.34. The summed E-state index contributed by atoms with van der Waals surface area (Å²) < 4.78 is 21.2. The van der Waals surface area contributed by atoms with E-state index in [0.717, 1.165) is 0 Å². The Labute approximate surface area is 288 Å². The van der Waals surface area contributed by atoms with Crippen LogP contribution in [0, 0.1) is 5.41 Å². The SMILES string of the molecule is COc1ccc(C(O)(c2ccc(OC)cc2)C(C)NC(=O)C(C)(C)C(=O)NC(C)C(O)(c2ccc(OC)cc2)c2ccc(OC)cc2)cc1. The second-order valence-electron chi connectivity index (χ2n) is 12.5. The second kappa shape index (κ2) is 15.0. The maximum absolute atomic E-state index is 13.9. The van der Waals surface area contributed by atoms with Gasteiger partial charge in [0.1, 0.15) is 39.6 Å². The van der Waals surface area contributed by atoms with E-state index in [1.807, 2.05) is 0 Å². The highest BCUT2D eigenvalue weighted by Crippen LogP contribution is 2.37. The summed E-state index contributed by atoms with van der Waals surface area (Å²) in [5.41, 5.74) is -2.99. The van der Waals surface area contributed by atoms with Gasteiger partial charge in [0.2, 0.25) is 11.8 Å². The first kappa shape index (κ1) is 36.8. The molecule has 2 amide bonds. The molecule has 0 aliphatic heterocycles. The first-order valence-electron chi connectivity index (χ1n) is 15.9. The van der Waals surface area contributed by atoms with Crippen molar-refractivity contribution in [3.63, 3.8) is 0 Å². The molecular weight excluding hydrogens is 624 g/mol. The zero-order valence-corrected chi connectivity index (χ0v) is 29.2. The Hall–Kier alpha value is -5.06. The number of nitrogens with one attached hydrogen (secondary N) is 2. The van der Waals surface area contributed by atoms with Gasteiger partial charge in [-0.1, -0.05) is 48.5 Å². The van der Waals surface area contributed by atoms with Gasteiger partial charge in [-0.25, -0.2) is 0 Å². The quantitative estimate of drug-likeness (QED) is 0.139. The zero-order chi connectivity index (χ0) is 36.0. The topological polar surface area (TPSA) is 136 Å². The van der Waals surface area contributed by atoms with Gasteiger partial charge in [-0.3, -0.25) is 9.59 Å². The van der Waals surface area contributed by atoms with E-state index >= 15 is 0 Å². The minimum absolute atomic E-state index is 0.506. The maximum atomic E-state index is 13.9. The molecule has 4 rings (SSSR count). The summed E-state index contributed by atoms with van der Waals surface area (Å²) >= 11 is 0. The molecule has 0 aromatic heterocycles. The highest BCUT2D eigenvalue weighted by atomic mass is 16.5. The Bertz CT molecular complexity index is 1480. The average molecular weight is 671 g/mol. The minimum atomic E-state index is -1.70. The van der Waals surface area contributed by atoms with Crippen LogP contribution in [0.4, 0.5) is 0 Å². The van der Waals surface area contributed by atoms with E-state index in [1.54, 1.807) is 139 Å². The van der Waals surface area contributed by atoms with Gasteiger partial charge < -0.3 is 39.8 Å². The van der Waals surface area contributed by atoms with Crippen LogP contribution < -0.4 is 29.6 Å². The Morgan fingerprint density at radius 3 is 0.878 bits per heavy atom. The van der Waals surface area contributed by atoms with Gasteiger partial charge in [-0.15, -0.1) is 0 Å². The maximum Gasteiger partial charge on any atom is 0.235 e. The molecule has 10 heteroatoms. The van der Waals surface area contributed by atoms with E-state index in [0.29, 0.717) is 45.3 Å². The van der Waals surface area contributed by atoms with E-state index in [4.69, 9.17) is 18.9 Å². The number of carbonyl (C=O) groups excluding carboxylic acids is 2. The number of methoxy groups -OCH3 is 4. The van der Waals surface area contributed by atoms with E-state index in [2.05, 4.69) is 10.6 Å². The summed E-state index contributed by atoms with van der Waals surface area (Å²) in [5.74, 6) is 1.18. The van der Waals surface area contributed by atoms with Gasteiger partial charge in [-0.2, -0.15) is 0 Å². The summed E-state index contributed by atoms with van der Waals surface area (Å²) in [5, 5.41) is 30.5. The van der Waals surface area contributed by atoms with Crippen molar-refractivity contribution in [3.8, 4) is 23.0 Å². The third-order valence-electron chi connectivity index (χ3n) is 9.20. The first-order chi connectivity index (χ1) is 23.2. The molecule has 0 fully saturated rings. The smallest absolute Gasteiger partial charge is 0.235 e. The molecule has 49 heavy (non-hydrogen) atoms. The van der Waals surface area contributed by atoms with Crippen molar-refractivity contribution in [2.24, 2.45) is 5.41 Å². The number of rotatable bonds is 14. The number of benzene rings is 4. The Balaban J connectivity index is 1.63. The van der Waals surface area contributed by atoms with Crippen LogP contribution in [0.2, 0.25) is 0 Å².